The molecule has 1 saturated heterocycles. The van der Waals surface area contributed by atoms with Gasteiger partial charge in [0, 0.05) is 23.5 Å². The summed E-state index contributed by atoms with van der Waals surface area (Å²) in [7, 11) is 0. The number of fused-ring (bicyclic) bond motifs is 1. The summed E-state index contributed by atoms with van der Waals surface area (Å²) < 4.78 is 31.5. The van der Waals surface area contributed by atoms with Crippen molar-refractivity contribution in [3.05, 3.63) is 52.9 Å². The molecule has 0 radical (unpaired) electrons. The molecule has 1 aromatic carbocycles. The second-order valence-electron chi connectivity index (χ2n) is 11.3. The molecule has 0 N–H and O–H groups in total. The van der Waals surface area contributed by atoms with Crippen LogP contribution in [-0.2, 0) is 19.0 Å². The Balaban J connectivity index is 1.48. The van der Waals surface area contributed by atoms with Gasteiger partial charge in [-0.3, -0.25) is 4.79 Å². The third-order valence-electron chi connectivity index (χ3n) is 6.32. The minimum atomic E-state index is -0.851. The molecule has 37 heavy (non-hydrogen) atoms. The number of halogens is 1. The van der Waals surface area contributed by atoms with E-state index in [0.29, 0.717) is 12.3 Å². The number of hydrogen-bond donors (Lipinski definition) is 0. The molecule has 1 saturated carbocycles. The average molecular weight is 525 g/mol. The Kier molecular flexibility index (Phi) is 6.94. The Labute approximate surface area is 220 Å². The van der Waals surface area contributed by atoms with E-state index in [1.807, 2.05) is 40.7 Å². The van der Waals surface area contributed by atoms with Crippen molar-refractivity contribution < 1.29 is 23.4 Å². The molecule has 2 atom stereocenters. The molecule has 0 bridgehead atoms. The van der Waals surface area contributed by atoms with Crippen LogP contribution in [0.15, 0.2) is 35.9 Å². The number of aromatic nitrogens is 2. The second-order valence-corrected chi connectivity index (χ2v) is 12.1. The van der Waals surface area contributed by atoms with E-state index in [9.17, 15) is 9.18 Å². The highest BCUT2D eigenvalue weighted by atomic mass is 32.1. The summed E-state index contributed by atoms with van der Waals surface area (Å²) in [5.74, 6) is -1.01. The van der Waals surface area contributed by atoms with Crippen LogP contribution in [0.2, 0.25) is 0 Å². The van der Waals surface area contributed by atoms with Crippen LogP contribution in [0.4, 0.5) is 4.39 Å². The first-order chi connectivity index (χ1) is 17.5. The van der Waals surface area contributed by atoms with E-state index in [1.54, 1.807) is 17.6 Å². The maximum Gasteiger partial charge on any atom is 0.308 e. The first-order valence-corrected chi connectivity index (χ1v) is 13.6. The number of nitrogens with zero attached hydrogens (tertiary/aromatic N) is 2. The Morgan fingerprint density at radius 2 is 1.95 bits per heavy atom. The van der Waals surface area contributed by atoms with Crippen molar-refractivity contribution in [2.75, 3.05) is 0 Å². The molecule has 8 heteroatoms. The molecule has 5 rings (SSSR count). The lowest BCUT2D eigenvalue weighted by atomic mass is 9.95. The quantitative estimate of drug-likeness (QED) is 0.323. The van der Waals surface area contributed by atoms with Gasteiger partial charge in [0.2, 0.25) is 0 Å². The minimum Gasteiger partial charge on any atom is -0.460 e. The molecule has 2 aliphatic rings. The van der Waals surface area contributed by atoms with Crippen LogP contribution >= 0.6 is 11.3 Å². The molecule has 0 unspecified atom stereocenters. The third kappa shape index (κ3) is 6.25. The van der Waals surface area contributed by atoms with Gasteiger partial charge >= 0.3 is 5.97 Å². The van der Waals surface area contributed by atoms with Gasteiger partial charge in [-0.05, 0) is 65.2 Å². The van der Waals surface area contributed by atoms with Crippen molar-refractivity contribution >= 4 is 33.7 Å². The molecule has 0 spiro atoms. The van der Waals surface area contributed by atoms with Gasteiger partial charge in [-0.25, -0.2) is 14.4 Å². The zero-order valence-electron chi connectivity index (χ0n) is 21.9. The second kappa shape index (κ2) is 9.89. The van der Waals surface area contributed by atoms with Crippen LogP contribution in [0, 0.1) is 5.82 Å². The van der Waals surface area contributed by atoms with Crippen LogP contribution < -0.4 is 0 Å². The number of carbonyl (C=O) groups excluding carboxylic acids is 1. The summed E-state index contributed by atoms with van der Waals surface area (Å²) in [5, 5.41) is 0. The van der Waals surface area contributed by atoms with Crippen LogP contribution in [0.3, 0.4) is 0 Å². The number of benzene rings is 1. The van der Waals surface area contributed by atoms with E-state index in [4.69, 9.17) is 19.2 Å². The molecule has 2 fully saturated rings. The summed E-state index contributed by atoms with van der Waals surface area (Å²) >= 11 is 1.52. The number of thiazole rings is 1. The zero-order chi connectivity index (χ0) is 26.4. The van der Waals surface area contributed by atoms with Gasteiger partial charge in [0.25, 0.3) is 0 Å². The van der Waals surface area contributed by atoms with Crippen molar-refractivity contribution in [1.82, 2.24) is 9.97 Å². The predicted molar refractivity (Wildman–Crippen MR) is 143 cm³/mol. The van der Waals surface area contributed by atoms with Gasteiger partial charge in [-0.2, -0.15) is 0 Å². The summed E-state index contributed by atoms with van der Waals surface area (Å²) in [6.45, 7) is 9.28. The van der Waals surface area contributed by atoms with Crippen molar-refractivity contribution in [3.8, 4) is 11.1 Å². The maximum atomic E-state index is 13.8. The first kappa shape index (κ1) is 25.9. The first-order valence-electron chi connectivity index (χ1n) is 12.8. The van der Waals surface area contributed by atoms with Crippen LogP contribution in [0.25, 0.3) is 27.6 Å². The largest absolute Gasteiger partial charge is 0.460 e. The van der Waals surface area contributed by atoms with E-state index in [0.717, 1.165) is 45.6 Å². The Morgan fingerprint density at radius 3 is 2.62 bits per heavy atom. The topological polar surface area (TPSA) is 70.5 Å². The molecule has 1 aliphatic carbocycles. The summed E-state index contributed by atoms with van der Waals surface area (Å²) in [5.41, 5.74) is 5.97. The minimum absolute atomic E-state index is 0.162. The fourth-order valence-corrected chi connectivity index (χ4v) is 5.50. The highest BCUT2D eigenvalue weighted by molar-refractivity contribution is 7.16. The van der Waals surface area contributed by atoms with Gasteiger partial charge in [0.15, 0.2) is 5.79 Å². The number of rotatable bonds is 6. The lowest BCUT2D eigenvalue weighted by molar-refractivity contribution is -0.290. The van der Waals surface area contributed by atoms with E-state index < -0.39 is 11.4 Å². The van der Waals surface area contributed by atoms with Crippen molar-refractivity contribution in [3.63, 3.8) is 0 Å². The zero-order valence-corrected chi connectivity index (χ0v) is 22.7. The smallest absolute Gasteiger partial charge is 0.308 e. The number of ether oxygens (including phenoxy) is 3. The van der Waals surface area contributed by atoms with Crippen LogP contribution in [-0.4, -0.2) is 39.5 Å². The summed E-state index contributed by atoms with van der Waals surface area (Å²) in [6, 6.07) is 6.54. The SMILES string of the molecule is CC(C)(C)OC(=O)C[C@H]1C[C@@H](/C=C/c2c(C3CC3)nc3scnc3c2-c2ccc(F)cc2)OC(C)(C)O1. The highest BCUT2D eigenvalue weighted by Crippen LogP contribution is 2.46. The maximum absolute atomic E-state index is 13.8. The normalized spacial score (nSPS) is 22.0. The third-order valence-corrected chi connectivity index (χ3v) is 7.04. The van der Waals surface area contributed by atoms with Crippen molar-refractivity contribution in [1.29, 1.82) is 0 Å². The molecule has 0 amide bonds. The van der Waals surface area contributed by atoms with Gasteiger partial charge in [0.05, 0.1) is 29.8 Å². The monoisotopic (exact) mass is 524 g/mol. The molecule has 3 heterocycles. The van der Waals surface area contributed by atoms with Gasteiger partial charge < -0.3 is 14.2 Å². The van der Waals surface area contributed by atoms with Gasteiger partial charge in [-0.15, -0.1) is 11.3 Å². The number of pyridine rings is 1. The van der Waals surface area contributed by atoms with Crippen LogP contribution in [0.5, 0.6) is 0 Å². The molecular weight excluding hydrogens is 491 g/mol. The Hall–Kier alpha value is -2.68. The van der Waals surface area contributed by atoms with Crippen molar-refractivity contribution in [2.24, 2.45) is 0 Å². The molecule has 1 aliphatic heterocycles. The van der Waals surface area contributed by atoms with Gasteiger partial charge in [0.1, 0.15) is 21.8 Å². The predicted octanol–water partition coefficient (Wildman–Crippen LogP) is 7.03. The summed E-state index contributed by atoms with van der Waals surface area (Å²) in [4.78, 5) is 23.0. The average Bonchev–Trinajstić information content (AvgIpc) is 3.52. The molecule has 196 valence electrons. The Morgan fingerprint density at radius 1 is 1.22 bits per heavy atom. The lowest BCUT2D eigenvalue weighted by Gasteiger charge is -2.39. The number of carbonyl (C=O) groups is 1. The lowest BCUT2D eigenvalue weighted by Crippen LogP contribution is -2.45. The number of esters is 1. The van der Waals surface area contributed by atoms with E-state index >= 15 is 0 Å². The van der Waals surface area contributed by atoms with Crippen molar-refractivity contribution in [2.45, 2.75) is 89.8 Å². The molecular formula is C29H33FN2O4S. The number of hydrogen-bond acceptors (Lipinski definition) is 7. The van der Waals surface area contributed by atoms with Gasteiger partial charge in [-0.1, -0.05) is 24.3 Å². The van der Waals surface area contributed by atoms with E-state index in [2.05, 4.69) is 11.1 Å². The molecule has 6 nitrogen and oxygen atoms in total. The Bertz CT molecular complexity index is 1320. The molecule has 3 aromatic rings. The van der Waals surface area contributed by atoms with E-state index in [-0.39, 0.29) is 30.4 Å². The standard InChI is InChI=1S/C29H33FN2O4S/c1-28(2,3)36-23(33)15-21-14-20(34-29(4,5)35-21)12-13-22-24(17-8-10-19(30)11-9-17)26-27(37-16-31-26)32-25(22)18-6-7-18/h8-13,16,18,20-21H,6-7,14-15H2,1-5H3/b13-12+/t20-,21-/m1/s1. The highest BCUT2D eigenvalue weighted by Gasteiger charge is 2.37. The van der Waals surface area contributed by atoms with E-state index in [1.165, 1.54) is 23.5 Å². The fraction of sp³-hybridized carbons (Fsp3) is 0.483. The summed E-state index contributed by atoms with van der Waals surface area (Å²) in [6.07, 6.45) is 6.38. The molecule has 2 aromatic heterocycles. The fourth-order valence-electron chi connectivity index (χ4n) is 4.83. The van der Waals surface area contributed by atoms with Crippen LogP contribution in [0.1, 0.15) is 77.5 Å².